The standard InChI is InChI=1S/C21H18N2O6S/c1-22(2)30(27,28)17-11-7-15(8-12-17)20(24)13-9-16-10-14-21(29-16)18-5-3-4-6-19(18)23(25)26/h3-14H,1-2H3/b13-9+. The maximum Gasteiger partial charge on any atom is 0.280 e. The lowest BCUT2D eigenvalue weighted by Crippen LogP contribution is -2.22. The van der Waals surface area contributed by atoms with Gasteiger partial charge in [0, 0.05) is 25.7 Å². The van der Waals surface area contributed by atoms with E-state index >= 15 is 0 Å². The van der Waals surface area contributed by atoms with E-state index in [0.29, 0.717) is 22.6 Å². The van der Waals surface area contributed by atoms with Crippen molar-refractivity contribution in [3.05, 3.63) is 88.2 Å². The van der Waals surface area contributed by atoms with Crippen molar-refractivity contribution >= 4 is 27.6 Å². The number of hydrogen-bond acceptors (Lipinski definition) is 6. The van der Waals surface area contributed by atoms with E-state index in [1.807, 2.05) is 0 Å². The second-order valence-corrected chi connectivity index (χ2v) is 8.64. The second kappa shape index (κ2) is 8.44. The molecule has 0 fully saturated rings. The minimum absolute atomic E-state index is 0.0776. The number of nitrogens with zero attached hydrogens (tertiary/aromatic N) is 2. The number of ketones is 1. The third-order valence-corrected chi connectivity index (χ3v) is 6.14. The fourth-order valence-electron chi connectivity index (χ4n) is 2.68. The molecule has 1 heterocycles. The van der Waals surface area contributed by atoms with Crippen LogP contribution in [0.25, 0.3) is 17.4 Å². The number of para-hydroxylation sites is 1. The molecule has 2 aromatic carbocycles. The Morgan fingerprint density at radius 1 is 1.03 bits per heavy atom. The summed E-state index contributed by atoms with van der Waals surface area (Å²) < 4.78 is 30.9. The van der Waals surface area contributed by atoms with Crippen LogP contribution >= 0.6 is 0 Å². The summed E-state index contributed by atoms with van der Waals surface area (Å²) in [6, 6.07) is 15.0. The van der Waals surface area contributed by atoms with E-state index in [1.54, 1.807) is 30.3 Å². The Morgan fingerprint density at radius 3 is 2.33 bits per heavy atom. The van der Waals surface area contributed by atoms with Gasteiger partial charge in [-0.1, -0.05) is 12.1 Å². The highest BCUT2D eigenvalue weighted by Gasteiger charge is 2.18. The molecule has 0 saturated heterocycles. The first-order valence-corrected chi connectivity index (χ1v) is 10.2. The zero-order valence-corrected chi connectivity index (χ0v) is 17.0. The number of rotatable bonds is 7. The van der Waals surface area contributed by atoms with Gasteiger partial charge in [-0.25, -0.2) is 12.7 Å². The van der Waals surface area contributed by atoms with E-state index in [9.17, 15) is 23.3 Å². The normalized spacial score (nSPS) is 11.8. The number of sulfonamides is 1. The molecule has 0 atom stereocenters. The average Bonchev–Trinajstić information content (AvgIpc) is 3.21. The molecule has 9 heteroatoms. The molecule has 3 rings (SSSR count). The van der Waals surface area contributed by atoms with Gasteiger partial charge in [0.2, 0.25) is 10.0 Å². The number of benzene rings is 2. The molecule has 8 nitrogen and oxygen atoms in total. The lowest BCUT2D eigenvalue weighted by Gasteiger charge is -2.11. The van der Waals surface area contributed by atoms with Gasteiger partial charge >= 0.3 is 0 Å². The number of carbonyl (C=O) groups excluding carboxylic acids is 1. The molecule has 0 saturated carbocycles. The van der Waals surface area contributed by atoms with Crippen molar-refractivity contribution in [2.75, 3.05) is 14.1 Å². The number of nitro benzene ring substituents is 1. The Balaban J connectivity index is 1.78. The van der Waals surface area contributed by atoms with Crippen molar-refractivity contribution in [2.45, 2.75) is 4.90 Å². The molecule has 3 aromatic rings. The average molecular weight is 426 g/mol. The summed E-state index contributed by atoms with van der Waals surface area (Å²) in [6.07, 6.45) is 2.74. The van der Waals surface area contributed by atoms with Crippen LogP contribution in [0.4, 0.5) is 5.69 Å². The van der Waals surface area contributed by atoms with Crippen molar-refractivity contribution in [3.63, 3.8) is 0 Å². The van der Waals surface area contributed by atoms with Gasteiger partial charge in [0.25, 0.3) is 5.69 Å². The third kappa shape index (κ3) is 4.37. The Labute approximate surface area is 173 Å². The number of hydrogen-bond donors (Lipinski definition) is 0. The second-order valence-electron chi connectivity index (χ2n) is 6.49. The van der Waals surface area contributed by atoms with Crippen molar-refractivity contribution in [3.8, 4) is 11.3 Å². The highest BCUT2D eigenvalue weighted by molar-refractivity contribution is 7.89. The molecule has 0 N–H and O–H groups in total. The summed E-state index contributed by atoms with van der Waals surface area (Å²) in [5, 5.41) is 11.2. The van der Waals surface area contributed by atoms with Gasteiger partial charge in [-0.15, -0.1) is 0 Å². The molecular formula is C21H18N2O6S. The van der Waals surface area contributed by atoms with E-state index in [4.69, 9.17) is 4.42 Å². The minimum Gasteiger partial charge on any atom is -0.456 e. The van der Waals surface area contributed by atoms with Crippen LogP contribution in [0.1, 0.15) is 16.1 Å². The van der Waals surface area contributed by atoms with E-state index in [2.05, 4.69) is 0 Å². The molecule has 0 radical (unpaired) electrons. The number of allylic oxidation sites excluding steroid dienone is 1. The van der Waals surface area contributed by atoms with E-state index in [0.717, 1.165) is 4.31 Å². The Morgan fingerprint density at radius 2 is 1.70 bits per heavy atom. The molecule has 0 aliphatic rings. The number of nitro groups is 1. The van der Waals surface area contributed by atoms with Crippen LogP contribution in [-0.4, -0.2) is 37.5 Å². The maximum absolute atomic E-state index is 12.4. The molecular weight excluding hydrogens is 408 g/mol. The summed E-state index contributed by atoms with van der Waals surface area (Å²) in [5.74, 6) is 0.323. The van der Waals surface area contributed by atoms with Gasteiger partial charge in [0.05, 0.1) is 15.4 Å². The largest absolute Gasteiger partial charge is 0.456 e. The quantitative estimate of drug-likeness (QED) is 0.244. The lowest BCUT2D eigenvalue weighted by atomic mass is 10.1. The zero-order chi connectivity index (χ0) is 21.9. The number of furan rings is 1. The van der Waals surface area contributed by atoms with Gasteiger partial charge in [-0.2, -0.15) is 0 Å². The molecule has 0 bridgehead atoms. The third-order valence-electron chi connectivity index (χ3n) is 4.31. The highest BCUT2D eigenvalue weighted by Crippen LogP contribution is 2.31. The maximum atomic E-state index is 12.4. The lowest BCUT2D eigenvalue weighted by molar-refractivity contribution is -0.384. The van der Waals surface area contributed by atoms with Crippen LogP contribution in [0.15, 0.2) is 76.1 Å². The molecule has 0 unspecified atom stereocenters. The van der Waals surface area contributed by atoms with Crippen molar-refractivity contribution in [1.82, 2.24) is 4.31 Å². The summed E-state index contributed by atoms with van der Waals surface area (Å²) in [7, 11) is -0.708. The van der Waals surface area contributed by atoms with Crippen LogP contribution in [0, 0.1) is 10.1 Å². The molecule has 1 aromatic heterocycles. The fraction of sp³-hybridized carbons (Fsp3) is 0.0952. The van der Waals surface area contributed by atoms with E-state index in [1.165, 1.54) is 56.6 Å². The van der Waals surface area contributed by atoms with E-state index < -0.39 is 14.9 Å². The summed E-state index contributed by atoms with van der Waals surface area (Å²) in [4.78, 5) is 23.1. The predicted molar refractivity (Wildman–Crippen MR) is 111 cm³/mol. The monoisotopic (exact) mass is 426 g/mol. The smallest absolute Gasteiger partial charge is 0.280 e. The van der Waals surface area contributed by atoms with Gasteiger partial charge in [0.15, 0.2) is 5.78 Å². The van der Waals surface area contributed by atoms with Crippen molar-refractivity contribution < 1.29 is 22.6 Å². The van der Waals surface area contributed by atoms with Crippen molar-refractivity contribution in [1.29, 1.82) is 0 Å². The van der Waals surface area contributed by atoms with Crippen LogP contribution in [-0.2, 0) is 10.0 Å². The van der Waals surface area contributed by atoms with E-state index in [-0.39, 0.29) is 16.4 Å². The summed E-state index contributed by atoms with van der Waals surface area (Å²) >= 11 is 0. The van der Waals surface area contributed by atoms with Gasteiger partial charge in [0.1, 0.15) is 11.5 Å². The Kier molecular flexibility index (Phi) is 5.95. The van der Waals surface area contributed by atoms with Crippen LogP contribution < -0.4 is 0 Å². The van der Waals surface area contributed by atoms with Gasteiger partial charge < -0.3 is 4.42 Å². The van der Waals surface area contributed by atoms with Crippen molar-refractivity contribution in [2.24, 2.45) is 0 Å². The first-order chi connectivity index (χ1) is 14.2. The zero-order valence-electron chi connectivity index (χ0n) is 16.2. The van der Waals surface area contributed by atoms with Gasteiger partial charge in [-0.05, 0) is 54.6 Å². The number of carbonyl (C=O) groups is 1. The highest BCUT2D eigenvalue weighted by atomic mass is 32.2. The first kappa shape index (κ1) is 21.2. The molecule has 30 heavy (non-hydrogen) atoms. The van der Waals surface area contributed by atoms with Gasteiger partial charge in [-0.3, -0.25) is 14.9 Å². The van der Waals surface area contributed by atoms with Crippen LogP contribution in [0.5, 0.6) is 0 Å². The molecule has 0 spiro atoms. The SMILES string of the molecule is CN(C)S(=O)(=O)c1ccc(C(=O)/C=C/c2ccc(-c3ccccc3[N+](=O)[O-])o2)cc1. The predicted octanol–water partition coefficient (Wildman–Crippen LogP) is 4.00. The molecule has 0 aliphatic carbocycles. The fourth-order valence-corrected chi connectivity index (χ4v) is 3.59. The van der Waals surface area contributed by atoms with Crippen LogP contribution in [0.2, 0.25) is 0 Å². The van der Waals surface area contributed by atoms with Crippen LogP contribution in [0.3, 0.4) is 0 Å². The molecule has 0 amide bonds. The first-order valence-electron chi connectivity index (χ1n) is 8.79. The topological polar surface area (TPSA) is 111 Å². The summed E-state index contributed by atoms with van der Waals surface area (Å²) in [6.45, 7) is 0. The molecule has 0 aliphatic heterocycles. The Hall–Kier alpha value is -3.56. The Bertz CT molecular complexity index is 1220. The summed E-state index contributed by atoms with van der Waals surface area (Å²) in [5.41, 5.74) is 0.576. The minimum atomic E-state index is -3.57. The molecule has 154 valence electrons.